The van der Waals surface area contributed by atoms with E-state index in [9.17, 15) is 4.79 Å². The van der Waals surface area contributed by atoms with Crippen LogP contribution in [-0.4, -0.2) is 54.2 Å². The van der Waals surface area contributed by atoms with Crippen LogP contribution in [0.15, 0.2) is 18.2 Å². The average molecular weight is 404 g/mol. The van der Waals surface area contributed by atoms with Gasteiger partial charge in [-0.1, -0.05) is 23.2 Å². The summed E-state index contributed by atoms with van der Waals surface area (Å²) in [5, 5.41) is 7.97. The van der Waals surface area contributed by atoms with Crippen LogP contribution >= 0.6 is 35.4 Å². The van der Waals surface area contributed by atoms with Gasteiger partial charge in [-0.3, -0.25) is 4.79 Å². The number of anilines is 1. The highest BCUT2D eigenvalue weighted by atomic mass is 35.5. The molecule has 8 heteroatoms. The summed E-state index contributed by atoms with van der Waals surface area (Å²) in [4.78, 5) is 15.4. The molecule has 1 heterocycles. The third kappa shape index (κ3) is 6.98. The highest BCUT2D eigenvalue weighted by molar-refractivity contribution is 7.80. The summed E-state index contributed by atoms with van der Waals surface area (Å²) in [6, 6.07) is 5.26. The summed E-state index contributed by atoms with van der Waals surface area (Å²) in [7, 11) is 0. The fraction of sp³-hybridized carbons (Fsp3) is 0.529. The molecule has 2 rings (SSSR count). The lowest BCUT2D eigenvalue weighted by Crippen LogP contribution is -3.16. The zero-order valence-electron chi connectivity index (χ0n) is 14.8. The molecule has 0 atom stereocenters. The van der Waals surface area contributed by atoms with Crippen LogP contribution in [0, 0.1) is 0 Å². The van der Waals surface area contributed by atoms with Gasteiger partial charge in [0.25, 0.3) is 5.91 Å². The molecular weight excluding hydrogens is 379 g/mol. The number of halogens is 2. The first kappa shape index (κ1) is 20.2. The molecule has 0 bridgehead atoms. The molecule has 1 fully saturated rings. The van der Waals surface area contributed by atoms with E-state index in [-0.39, 0.29) is 11.4 Å². The number of benzene rings is 1. The second-order valence-electron chi connectivity index (χ2n) is 7.30. The lowest BCUT2D eigenvalue weighted by molar-refractivity contribution is -0.895. The Hall–Kier alpha value is -1.08. The number of piperazine rings is 1. The second kappa shape index (κ2) is 8.54. The summed E-state index contributed by atoms with van der Waals surface area (Å²) in [6.07, 6.45) is 0. The van der Waals surface area contributed by atoms with Gasteiger partial charge in [-0.15, -0.1) is 0 Å². The van der Waals surface area contributed by atoms with Crippen molar-refractivity contribution in [2.45, 2.75) is 26.3 Å². The van der Waals surface area contributed by atoms with Gasteiger partial charge >= 0.3 is 0 Å². The SMILES string of the molecule is CC(C)(C)NC(=O)C[NH+]1CCN(C(=S)Nc2cc(Cl)cc(Cl)c2)CC1. The number of hydrogen-bond acceptors (Lipinski definition) is 2. The van der Waals surface area contributed by atoms with Crippen molar-refractivity contribution in [1.29, 1.82) is 0 Å². The van der Waals surface area contributed by atoms with Crippen molar-refractivity contribution < 1.29 is 9.69 Å². The van der Waals surface area contributed by atoms with Crippen LogP contribution in [-0.2, 0) is 4.79 Å². The molecule has 0 saturated carbocycles. The smallest absolute Gasteiger partial charge is 0.275 e. The Kier molecular flexibility index (Phi) is 6.91. The molecule has 1 aliphatic heterocycles. The monoisotopic (exact) mass is 403 g/mol. The fourth-order valence-corrected chi connectivity index (χ4v) is 3.55. The quantitative estimate of drug-likeness (QED) is 0.673. The minimum absolute atomic E-state index is 0.0882. The summed E-state index contributed by atoms with van der Waals surface area (Å²) in [6.45, 7) is 9.82. The van der Waals surface area contributed by atoms with E-state index in [1.807, 2.05) is 20.8 Å². The molecule has 0 spiro atoms. The summed E-state index contributed by atoms with van der Waals surface area (Å²) < 4.78 is 0. The Labute approximate surface area is 164 Å². The van der Waals surface area contributed by atoms with Crippen LogP contribution in [0.1, 0.15) is 20.8 Å². The first-order valence-corrected chi connectivity index (χ1v) is 9.45. The number of nitrogens with one attached hydrogen (secondary N) is 3. The number of amides is 1. The first-order chi connectivity index (χ1) is 11.6. The molecule has 1 amide bonds. The molecule has 138 valence electrons. The van der Waals surface area contributed by atoms with E-state index in [4.69, 9.17) is 35.4 Å². The molecule has 1 saturated heterocycles. The van der Waals surface area contributed by atoms with Gasteiger partial charge in [-0.2, -0.15) is 0 Å². The van der Waals surface area contributed by atoms with Crippen molar-refractivity contribution in [2.24, 2.45) is 0 Å². The molecule has 3 N–H and O–H groups in total. The maximum absolute atomic E-state index is 12.0. The number of carbonyl (C=O) groups is 1. The van der Waals surface area contributed by atoms with Crippen molar-refractivity contribution in [3.05, 3.63) is 28.2 Å². The van der Waals surface area contributed by atoms with Crippen molar-refractivity contribution in [3.8, 4) is 0 Å². The molecule has 5 nitrogen and oxygen atoms in total. The van der Waals surface area contributed by atoms with Crippen LogP contribution in [0.5, 0.6) is 0 Å². The summed E-state index contributed by atoms with van der Waals surface area (Å²) in [5.41, 5.74) is 0.587. The highest BCUT2D eigenvalue weighted by Gasteiger charge is 2.25. The Bertz CT molecular complexity index is 620. The summed E-state index contributed by atoms with van der Waals surface area (Å²) in [5.74, 6) is 0.0882. The Morgan fingerprint density at radius 1 is 1.20 bits per heavy atom. The van der Waals surface area contributed by atoms with E-state index in [0.717, 1.165) is 31.9 Å². The molecule has 25 heavy (non-hydrogen) atoms. The largest absolute Gasteiger partial charge is 0.347 e. The van der Waals surface area contributed by atoms with Gasteiger partial charge in [0.1, 0.15) is 0 Å². The van der Waals surface area contributed by atoms with Crippen LogP contribution in [0.4, 0.5) is 5.69 Å². The van der Waals surface area contributed by atoms with Crippen molar-refractivity contribution in [1.82, 2.24) is 10.2 Å². The van der Waals surface area contributed by atoms with E-state index in [0.29, 0.717) is 21.7 Å². The van der Waals surface area contributed by atoms with E-state index >= 15 is 0 Å². The Balaban J connectivity index is 1.81. The lowest BCUT2D eigenvalue weighted by atomic mass is 10.1. The Morgan fingerprint density at radius 3 is 2.28 bits per heavy atom. The van der Waals surface area contributed by atoms with E-state index in [1.165, 1.54) is 4.90 Å². The number of rotatable bonds is 3. The fourth-order valence-electron chi connectivity index (χ4n) is 2.72. The van der Waals surface area contributed by atoms with Gasteiger partial charge in [0, 0.05) is 21.3 Å². The first-order valence-electron chi connectivity index (χ1n) is 8.29. The lowest BCUT2D eigenvalue weighted by Gasteiger charge is -2.34. The zero-order chi connectivity index (χ0) is 18.6. The van der Waals surface area contributed by atoms with Gasteiger partial charge in [-0.05, 0) is 51.2 Å². The number of nitrogens with zero attached hydrogens (tertiary/aromatic N) is 1. The van der Waals surface area contributed by atoms with E-state index < -0.39 is 0 Å². The topological polar surface area (TPSA) is 48.8 Å². The maximum atomic E-state index is 12.0. The van der Waals surface area contributed by atoms with Gasteiger partial charge in [-0.25, -0.2) is 0 Å². The van der Waals surface area contributed by atoms with Crippen molar-refractivity contribution in [3.63, 3.8) is 0 Å². The number of quaternary nitrogens is 1. The van der Waals surface area contributed by atoms with Crippen molar-refractivity contribution >= 4 is 52.1 Å². The van der Waals surface area contributed by atoms with Gasteiger partial charge in [0.2, 0.25) is 0 Å². The van der Waals surface area contributed by atoms with E-state index in [1.54, 1.807) is 18.2 Å². The number of carbonyl (C=O) groups excluding carboxylic acids is 1. The molecule has 0 unspecified atom stereocenters. The highest BCUT2D eigenvalue weighted by Crippen LogP contribution is 2.22. The molecule has 1 aromatic rings. The third-order valence-electron chi connectivity index (χ3n) is 3.80. The minimum Gasteiger partial charge on any atom is -0.347 e. The number of hydrogen-bond donors (Lipinski definition) is 3. The standard InChI is InChI=1S/C17H24Cl2N4OS/c1-17(2,3)21-15(24)11-22-4-6-23(7-5-22)16(25)20-14-9-12(18)8-13(19)10-14/h8-10H,4-7,11H2,1-3H3,(H,20,25)(H,21,24)/p+1. The van der Waals surface area contributed by atoms with Crippen LogP contribution in [0.3, 0.4) is 0 Å². The second-order valence-corrected chi connectivity index (χ2v) is 8.56. The van der Waals surface area contributed by atoms with E-state index in [2.05, 4.69) is 15.5 Å². The predicted octanol–water partition coefficient (Wildman–Crippen LogP) is 1.81. The maximum Gasteiger partial charge on any atom is 0.275 e. The molecule has 1 aromatic carbocycles. The molecule has 0 aromatic heterocycles. The predicted molar refractivity (Wildman–Crippen MR) is 108 cm³/mol. The molecule has 0 aliphatic carbocycles. The van der Waals surface area contributed by atoms with Gasteiger partial charge < -0.3 is 20.4 Å². The third-order valence-corrected chi connectivity index (χ3v) is 4.59. The zero-order valence-corrected chi connectivity index (χ0v) is 17.1. The van der Waals surface area contributed by atoms with Gasteiger partial charge in [0.05, 0.1) is 26.2 Å². The average Bonchev–Trinajstić information content (AvgIpc) is 2.44. The van der Waals surface area contributed by atoms with Gasteiger partial charge in [0.15, 0.2) is 11.7 Å². The van der Waals surface area contributed by atoms with Crippen molar-refractivity contribution in [2.75, 3.05) is 38.0 Å². The minimum atomic E-state index is -0.192. The molecule has 0 radical (unpaired) electrons. The summed E-state index contributed by atoms with van der Waals surface area (Å²) >= 11 is 17.5. The van der Waals surface area contributed by atoms with Crippen LogP contribution < -0.4 is 15.5 Å². The molecule has 1 aliphatic rings. The van der Waals surface area contributed by atoms with Crippen LogP contribution in [0.25, 0.3) is 0 Å². The Morgan fingerprint density at radius 2 is 1.76 bits per heavy atom. The number of thiocarbonyl (C=S) groups is 1. The van der Waals surface area contributed by atoms with Crippen LogP contribution in [0.2, 0.25) is 10.0 Å². The normalized spacial score (nSPS) is 15.8. The molecular formula is C17H25Cl2N4OS+.